The molecule has 0 bridgehead atoms. The summed E-state index contributed by atoms with van der Waals surface area (Å²) in [4.78, 5) is 2.61. The molecular weight excluding hydrogens is 256 g/mol. The Morgan fingerprint density at radius 1 is 0.952 bits per heavy atom. The maximum absolute atomic E-state index is 5.58. The van der Waals surface area contributed by atoms with E-state index in [2.05, 4.69) is 47.4 Å². The highest BCUT2D eigenvalue weighted by molar-refractivity contribution is 5.86. The van der Waals surface area contributed by atoms with Crippen LogP contribution in [0.5, 0.6) is 0 Å². The third-order valence-corrected chi connectivity index (χ3v) is 4.78. The van der Waals surface area contributed by atoms with E-state index in [0.29, 0.717) is 0 Å². The number of hydrogen-bond acceptors (Lipinski definition) is 2. The topological polar surface area (TPSA) is 29.3 Å². The molecule has 0 aliphatic carbocycles. The van der Waals surface area contributed by atoms with Crippen LogP contribution in [0.25, 0.3) is 10.8 Å². The number of fused-ring (bicyclic) bond motifs is 1. The first-order valence-corrected chi connectivity index (χ1v) is 8.28. The van der Waals surface area contributed by atoms with Crippen LogP contribution in [-0.2, 0) is 0 Å². The van der Waals surface area contributed by atoms with Crippen LogP contribution in [0, 0.1) is 0 Å². The number of rotatable bonds is 5. The standard InChI is InChI=1S/C19H26N2/c20-12-3-4-13-21-14-10-17(11-15-21)19-9-5-7-16-6-1-2-8-18(16)19/h1-2,5-9,17H,3-4,10-15,20H2. The Morgan fingerprint density at radius 3 is 2.52 bits per heavy atom. The maximum Gasteiger partial charge on any atom is -0.00129 e. The molecule has 2 aromatic rings. The fourth-order valence-electron chi connectivity index (χ4n) is 3.55. The molecule has 2 aromatic carbocycles. The SMILES string of the molecule is NCCCCN1CCC(c2cccc3ccccc23)CC1. The summed E-state index contributed by atoms with van der Waals surface area (Å²) in [6, 6.07) is 15.6. The molecule has 1 fully saturated rings. The van der Waals surface area contributed by atoms with E-state index in [-0.39, 0.29) is 0 Å². The van der Waals surface area contributed by atoms with Gasteiger partial charge in [-0.25, -0.2) is 0 Å². The minimum Gasteiger partial charge on any atom is -0.330 e. The molecule has 1 heterocycles. The zero-order chi connectivity index (χ0) is 14.5. The zero-order valence-corrected chi connectivity index (χ0v) is 12.8. The fraction of sp³-hybridized carbons (Fsp3) is 0.474. The number of likely N-dealkylation sites (tertiary alicyclic amines) is 1. The molecule has 21 heavy (non-hydrogen) atoms. The van der Waals surface area contributed by atoms with Crippen molar-refractivity contribution in [3.8, 4) is 0 Å². The molecule has 2 nitrogen and oxygen atoms in total. The van der Waals surface area contributed by atoms with Gasteiger partial charge in [0.15, 0.2) is 0 Å². The fourth-order valence-corrected chi connectivity index (χ4v) is 3.55. The molecule has 0 aromatic heterocycles. The molecule has 0 atom stereocenters. The predicted octanol–water partition coefficient (Wildman–Crippen LogP) is 3.76. The minimum absolute atomic E-state index is 0.724. The maximum atomic E-state index is 5.58. The molecule has 0 amide bonds. The molecule has 1 aliphatic heterocycles. The molecule has 0 unspecified atom stereocenters. The lowest BCUT2D eigenvalue weighted by atomic mass is 9.86. The Morgan fingerprint density at radius 2 is 1.71 bits per heavy atom. The molecule has 3 rings (SSSR count). The Bertz CT molecular complexity index is 565. The minimum atomic E-state index is 0.724. The highest BCUT2D eigenvalue weighted by Crippen LogP contribution is 2.33. The first-order valence-electron chi connectivity index (χ1n) is 8.28. The van der Waals surface area contributed by atoms with Gasteiger partial charge in [-0.15, -0.1) is 0 Å². The van der Waals surface area contributed by atoms with Gasteiger partial charge in [0.25, 0.3) is 0 Å². The smallest absolute Gasteiger partial charge is 0.00129 e. The summed E-state index contributed by atoms with van der Waals surface area (Å²) >= 11 is 0. The average molecular weight is 282 g/mol. The second-order valence-corrected chi connectivity index (χ2v) is 6.18. The van der Waals surface area contributed by atoms with E-state index in [1.807, 2.05) is 0 Å². The van der Waals surface area contributed by atoms with Crippen LogP contribution in [0.4, 0.5) is 0 Å². The van der Waals surface area contributed by atoms with Crippen molar-refractivity contribution in [2.75, 3.05) is 26.2 Å². The third-order valence-electron chi connectivity index (χ3n) is 4.78. The van der Waals surface area contributed by atoms with E-state index in [1.165, 1.54) is 49.7 Å². The van der Waals surface area contributed by atoms with Crippen LogP contribution in [0.15, 0.2) is 42.5 Å². The van der Waals surface area contributed by atoms with Crippen LogP contribution < -0.4 is 5.73 Å². The van der Waals surface area contributed by atoms with Crippen molar-refractivity contribution >= 4 is 10.8 Å². The van der Waals surface area contributed by atoms with Gasteiger partial charge in [-0.1, -0.05) is 42.5 Å². The van der Waals surface area contributed by atoms with E-state index in [9.17, 15) is 0 Å². The highest BCUT2D eigenvalue weighted by atomic mass is 15.1. The number of benzene rings is 2. The van der Waals surface area contributed by atoms with Crippen LogP contribution in [-0.4, -0.2) is 31.1 Å². The number of hydrogen-bond donors (Lipinski definition) is 1. The molecular formula is C19H26N2. The third kappa shape index (κ3) is 3.45. The van der Waals surface area contributed by atoms with Gasteiger partial charge in [0, 0.05) is 0 Å². The highest BCUT2D eigenvalue weighted by Gasteiger charge is 2.21. The van der Waals surface area contributed by atoms with Crippen molar-refractivity contribution < 1.29 is 0 Å². The van der Waals surface area contributed by atoms with Gasteiger partial charge in [0.2, 0.25) is 0 Å². The largest absolute Gasteiger partial charge is 0.330 e. The molecule has 112 valence electrons. The van der Waals surface area contributed by atoms with Gasteiger partial charge in [-0.05, 0) is 74.1 Å². The number of piperidine rings is 1. The Hall–Kier alpha value is -1.38. The Labute approximate surface area is 127 Å². The molecule has 2 heteroatoms. The van der Waals surface area contributed by atoms with Crippen molar-refractivity contribution in [3.63, 3.8) is 0 Å². The quantitative estimate of drug-likeness (QED) is 0.846. The summed E-state index contributed by atoms with van der Waals surface area (Å²) < 4.78 is 0. The number of unbranched alkanes of at least 4 members (excludes halogenated alkanes) is 1. The lowest BCUT2D eigenvalue weighted by Gasteiger charge is -2.32. The Balaban J connectivity index is 1.66. The number of nitrogens with two attached hydrogens (primary N) is 1. The summed E-state index contributed by atoms with van der Waals surface area (Å²) in [6.45, 7) is 4.52. The van der Waals surface area contributed by atoms with Crippen LogP contribution in [0.2, 0.25) is 0 Å². The van der Waals surface area contributed by atoms with Crippen molar-refractivity contribution in [1.82, 2.24) is 4.90 Å². The summed E-state index contributed by atoms with van der Waals surface area (Å²) in [5.41, 5.74) is 7.13. The van der Waals surface area contributed by atoms with E-state index >= 15 is 0 Å². The average Bonchev–Trinajstić information content (AvgIpc) is 2.55. The molecule has 1 aliphatic rings. The van der Waals surface area contributed by atoms with E-state index in [1.54, 1.807) is 5.56 Å². The molecule has 0 spiro atoms. The molecule has 1 saturated heterocycles. The second kappa shape index (κ2) is 7.06. The van der Waals surface area contributed by atoms with Gasteiger partial charge in [-0.3, -0.25) is 0 Å². The van der Waals surface area contributed by atoms with Crippen LogP contribution in [0.3, 0.4) is 0 Å². The van der Waals surface area contributed by atoms with E-state index in [4.69, 9.17) is 5.73 Å². The van der Waals surface area contributed by atoms with Gasteiger partial charge in [0.05, 0.1) is 0 Å². The van der Waals surface area contributed by atoms with Crippen LogP contribution in [0.1, 0.15) is 37.2 Å². The summed E-state index contributed by atoms with van der Waals surface area (Å²) in [6.07, 6.45) is 4.98. The summed E-state index contributed by atoms with van der Waals surface area (Å²) in [5, 5.41) is 2.82. The van der Waals surface area contributed by atoms with E-state index < -0.39 is 0 Å². The van der Waals surface area contributed by atoms with Crippen molar-refractivity contribution in [2.24, 2.45) is 5.73 Å². The molecule has 2 N–H and O–H groups in total. The van der Waals surface area contributed by atoms with Gasteiger partial charge in [0.1, 0.15) is 0 Å². The van der Waals surface area contributed by atoms with Gasteiger partial charge >= 0.3 is 0 Å². The molecule has 0 radical (unpaired) electrons. The zero-order valence-electron chi connectivity index (χ0n) is 12.8. The summed E-state index contributed by atoms with van der Waals surface area (Å²) in [5.74, 6) is 0.724. The van der Waals surface area contributed by atoms with Gasteiger partial charge < -0.3 is 10.6 Å². The van der Waals surface area contributed by atoms with Gasteiger partial charge in [-0.2, -0.15) is 0 Å². The normalized spacial score (nSPS) is 17.4. The number of nitrogens with zero attached hydrogens (tertiary/aromatic N) is 1. The first kappa shape index (κ1) is 14.6. The lowest BCUT2D eigenvalue weighted by molar-refractivity contribution is 0.209. The van der Waals surface area contributed by atoms with E-state index in [0.717, 1.165) is 18.9 Å². The first-order chi connectivity index (χ1) is 10.4. The molecule has 0 saturated carbocycles. The monoisotopic (exact) mass is 282 g/mol. The second-order valence-electron chi connectivity index (χ2n) is 6.18. The summed E-state index contributed by atoms with van der Waals surface area (Å²) in [7, 11) is 0. The van der Waals surface area contributed by atoms with Crippen molar-refractivity contribution in [1.29, 1.82) is 0 Å². The van der Waals surface area contributed by atoms with Crippen molar-refractivity contribution in [2.45, 2.75) is 31.6 Å². The van der Waals surface area contributed by atoms with Crippen LogP contribution >= 0.6 is 0 Å². The van der Waals surface area contributed by atoms with Crippen molar-refractivity contribution in [3.05, 3.63) is 48.0 Å². The Kier molecular flexibility index (Phi) is 4.89. The predicted molar refractivity (Wildman–Crippen MR) is 90.7 cm³/mol. The lowest BCUT2D eigenvalue weighted by Crippen LogP contribution is -2.33.